The van der Waals surface area contributed by atoms with Crippen molar-refractivity contribution in [2.45, 2.75) is 19.8 Å². The molecule has 1 saturated heterocycles. The van der Waals surface area contributed by atoms with Gasteiger partial charge in [0.1, 0.15) is 0 Å². The molecule has 0 bridgehead atoms. The lowest BCUT2D eigenvalue weighted by Gasteiger charge is -2.25. The van der Waals surface area contributed by atoms with Crippen LogP contribution in [0.1, 0.15) is 18.4 Å². The van der Waals surface area contributed by atoms with E-state index in [4.69, 9.17) is 0 Å². The second-order valence-electron chi connectivity index (χ2n) is 4.36. The number of rotatable bonds is 1. The highest BCUT2D eigenvalue weighted by molar-refractivity contribution is 5.93. The van der Waals surface area contributed by atoms with Crippen LogP contribution >= 0.6 is 0 Å². The molecule has 1 N–H and O–H groups in total. The predicted molar refractivity (Wildman–Crippen MR) is 66.0 cm³/mol. The molecule has 0 radical (unpaired) electrons. The van der Waals surface area contributed by atoms with Gasteiger partial charge in [0.2, 0.25) is 0 Å². The van der Waals surface area contributed by atoms with E-state index in [0.29, 0.717) is 13.0 Å². The van der Waals surface area contributed by atoms with Crippen LogP contribution in [0.5, 0.6) is 0 Å². The quantitative estimate of drug-likeness (QED) is 0.806. The van der Waals surface area contributed by atoms with Crippen molar-refractivity contribution in [1.29, 1.82) is 0 Å². The van der Waals surface area contributed by atoms with Crippen molar-refractivity contribution in [3.8, 4) is 0 Å². The number of amides is 2. The Balaban J connectivity index is 1.99. The summed E-state index contributed by atoms with van der Waals surface area (Å²) in [5, 5.41) is 2.81. The zero-order valence-electron chi connectivity index (χ0n) is 9.90. The Bertz CT molecular complexity index is 443. The Morgan fingerprint density at radius 3 is 2.94 bits per heavy atom. The minimum Gasteiger partial charge on any atom is -0.317 e. The number of aryl methyl sites for hydroxylation is 1. The Hall–Kier alpha value is -1.84. The first-order valence-corrected chi connectivity index (χ1v) is 5.79. The summed E-state index contributed by atoms with van der Waals surface area (Å²) in [4.78, 5) is 24.7. The van der Waals surface area contributed by atoms with E-state index >= 15 is 0 Å². The van der Waals surface area contributed by atoms with E-state index < -0.39 is 0 Å². The fourth-order valence-electron chi connectivity index (χ4n) is 1.94. The number of piperidine rings is 1. The number of urea groups is 1. The normalized spacial score (nSPS) is 15.8. The van der Waals surface area contributed by atoms with Crippen LogP contribution < -0.4 is 5.32 Å². The van der Waals surface area contributed by atoms with Crippen molar-refractivity contribution in [3.63, 3.8) is 0 Å². The summed E-state index contributed by atoms with van der Waals surface area (Å²) in [5.41, 5.74) is 1.87. The number of carbonyl (C=O) groups is 2. The predicted octanol–water partition coefficient (Wildman–Crippen LogP) is 2.19. The van der Waals surface area contributed by atoms with E-state index in [2.05, 4.69) is 5.32 Å². The fraction of sp³-hybridized carbons (Fsp3) is 0.385. The maximum absolute atomic E-state index is 11.9. The van der Waals surface area contributed by atoms with Crippen molar-refractivity contribution in [3.05, 3.63) is 29.8 Å². The number of likely N-dealkylation sites (tertiary alicyclic amines) is 1. The first kappa shape index (κ1) is 11.6. The third-order valence-electron chi connectivity index (χ3n) is 2.81. The highest BCUT2D eigenvalue weighted by atomic mass is 16.2. The van der Waals surface area contributed by atoms with E-state index in [9.17, 15) is 9.59 Å². The highest BCUT2D eigenvalue weighted by Crippen LogP contribution is 2.12. The third-order valence-corrected chi connectivity index (χ3v) is 2.81. The zero-order valence-corrected chi connectivity index (χ0v) is 9.90. The fourth-order valence-corrected chi connectivity index (χ4v) is 1.94. The monoisotopic (exact) mass is 232 g/mol. The number of ketones is 1. The molecule has 0 aliphatic carbocycles. The average molecular weight is 232 g/mol. The van der Waals surface area contributed by atoms with E-state index in [0.717, 1.165) is 17.7 Å². The number of Topliss-reactive ketones (excluding diaryl/α,β-unsaturated/α-hetero) is 1. The number of benzene rings is 1. The molecule has 1 aromatic rings. The van der Waals surface area contributed by atoms with Crippen molar-refractivity contribution in [1.82, 2.24) is 4.90 Å². The second-order valence-corrected chi connectivity index (χ2v) is 4.36. The van der Waals surface area contributed by atoms with Gasteiger partial charge >= 0.3 is 6.03 Å². The molecule has 1 heterocycles. The average Bonchev–Trinajstić information content (AvgIpc) is 2.29. The van der Waals surface area contributed by atoms with Gasteiger partial charge in [0.05, 0.1) is 6.54 Å². The maximum atomic E-state index is 11.9. The van der Waals surface area contributed by atoms with Gasteiger partial charge < -0.3 is 10.2 Å². The molecular formula is C13H16N2O2. The summed E-state index contributed by atoms with van der Waals surface area (Å²) in [6, 6.07) is 7.43. The molecule has 1 fully saturated rings. The molecule has 0 unspecified atom stereocenters. The Kier molecular flexibility index (Phi) is 3.42. The van der Waals surface area contributed by atoms with Crippen LogP contribution in [-0.4, -0.2) is 29.8 Å². The molecule has 4 heteroatoms. The maximum Gasteiger partial charge on any atom is 0.322 e. The van der Waals surface area contributed by atoms with Crippen LogP contribution in [0.2, 0.25) is 0 Å². The summed E-state index contributed by atoms with van der Waals surface area (Å²) < 4.78 is 0. The van der Waals surface area contributed by atoms with Crippen molar-refractivity contribution in [2.75, 3.05) is 18.4 Å². The van der Waals surface area contributed by atoms with Gasteiger partial charge in [0, 0.05) is 18.7 Å². The molecule has 2 rings (SSSR count). The van der Waals surface area contributed by atoms with Crippen LogP contribution in [0.25, 0.3) is 0 Å². The molecule has 17 heavy (non-hydrogen) atoms. The van der Waals surface area contributed by atoms with Crippen LogP contribution in [-0.2, 0) is 4.79 Å². The van der Waals surface area contributed by atoms with Gasteiger partial charge in [0.25, 0.3) is 0 Å². The SMILES string of the molecule is Cc1cccc(NC(=O)N2CCCC(=O)C2)c1. The lowest BCUT2D eigenvalue weighted by atomic mass is 10.1. The third kappa shape index (κ3) is 3.06. The Morgan fingerprint density at radius 2 is 2.24 bits per heavy atom. The number of nitrogens with zero attached hydrogens (tertiary/aromatic N) is 1. The Labute approximate surface area is 101 Å². The number of hydrogen-bond acceptors (Lipinski definition) is 2. The van der Waals surface area contributed by atoms with Gasteiger partial charge in [-0.25, -0.2) is 4.79 Å². The lowest BCUT2D eigenvalue weighted by Crippen LogP contribution is -2.42. The molecule has 2 amide bonds. The van der Waals surface area contributed by atoms with Gasteiger partial charge in [-0.3, -0.25) is 4.79 Å². The van der Waals surface area contributed by atoms with Crippen LogP contribution in [0.3, 0.4) is 0 Å². The molecule has 0 spiro atoms. The lowest BCUT2D eigenvalue weighted by molar-refractivity contribution is -0.121. The van der Waals surface area contributed by atoms with E-state index in [-0.39, 0.29) is 18.4 Å². The van der Waals surface area contributed by atoms with Crippen molar-refractivity contribution in [2.24, 2.45) is 0 Å². The van der Waals surface area contributed by atoms with E-state index in [1.807, 2.05) is 31.2 Å². The number of nitrogens with one attached hydrogen (secondary N) is 1. The second kappa shape index (κ2) is 4.99. The first-order chi connectivity index (χ1) is 8.15. The summed E-state index contributed by atoms with van der Waals surface area (Å²) in [6.45, 7) is 2.86. The van der Waals surface area contributed by atoms with Gasteiger partial charge in [-0.15, -0.1) is 0 Å². The minimum absolute atomic E-state index is 0.135. The van der Waals surface area contributed by atoms with Crippen molar-refractivity contribution >= 4 is 17.5 Å². The molecule has 1 aliphatic rings. The number of hydrogen-bond donors (Lipinski definition) is 1. The van der Waals surface area contributed by atoms with Crippen LogP contribution in [0.15, 0.2) is 24.3 Å². The molecule has 1 aliphatic heterocycles. The largest absolute Gasteiger partial charge is 0.322 e. The molecular weight excluding hydrogens is 216 g/mol. The van der Waals surface area contributed by atoms with Gasteiger partial charge in [-0.05, 0) is 31.0 Å². The smallest absolute Gasteiger partial charge is 0.317 e. The summed E-state index contributed by atoms with van der Waals surface area (Å²) in [7, 11) is 0. The first-order valence-electron chi connectivity index (χ1n) is 5.79. The Morgan fingerprint density at radius 1 is 1.41 bits per heavy atom. The van der Waals surface area contributed by atoms with E-state index in [1.165, 1.54) is 0 Å². The number of anilines is 1. The minimum atomic E-state index is -0.191. The molecule has 0 aromatic heterocycles. The van der Waals surface area contributed by atoms with Crippen molar-refractivity contribution < 1.29 is 9.59 Å². The van der Waals surface area contributed by atoms with Gasteiger partial charge in [-0.1, -0.05) is 12.1 Å². The zero-order chi connectivity index (χ0) is 12.3. The molecule has 0 atom stereocenters. The summed E-state index contributed by atoms with van der Waals surface area (Å²) in [5.74, 6) is 0.135. The summed E-state index contributed by atoms with van der Waals surface area (Å²) >= 11 is 0. The molecule has 90 valence electrons. The van der Waals surface area contributed by atoms with Gasteiger partial charge in [0.15, 0.2) is 5.78 Å². The topological polar surface area (TPSA) is 49.4 Å². The van der Waals surface area contributed by atoms with Gasteiger partial charge in [-0.2, -0.15) is 0 Å². The molecule has 0 saturated carbocycles. The molecule has 4 nitrogen and oxygen atoms in total. The number of carbonyl (C=O) groups excluding carboxylic acids is 2. The summed E-state index contributed by atoms with van der Waals surface area (Å²) in [6.07, 6.45) is 1.36. The molecule has 1 aromatic carbocycles. The van der Waals surface area contributed by atoms with E-state index in [1.54, 1.807) is 4.90 Å². The standard InChI is InChI=1S/C13H16N2O2/c1-10-4-2-5-11(8-10)14-13(17)15-7-3-6-12(16)9-15/h2,4-5,8H,3,6-7,9H2,1H3,(H,14,17). The highest BCUT2D eigenvalue weighted by Gasteiger charge is 2.21. The van der Waals surface area contributed by atoms with Crippen LogP contribution in [0, 0.1) is 6.92 Å². The van der Waals surface area contributed by atoms with Crippen LogP contribution in [0.4, 0.5) is 10.5 Å².